The van der Waals surface area contributed by atoms with Gasteiger partial charge in [-0.05, 0) is 49.3 Å². The number of nitrogens with one attached hydrogen (secondary N) is 1. The summed E-state index contributed by atoms with van der Waals surface area (Å²) < 4.78 is 7.11. The molecular formula is C19H21N3O3. The van der Waals surface area contributed by atoms with E-state index < -0.39 is 0 Å². The molecule has 4 rings (SSSR count). The Morgan fingerprint density at radius 3 is 2.72 bits per heavy atom. The van der Waals surface area contributed by atoms with E-state index in [1.165, 1.54) is 0 Å². The Balaban J connectivity index is 1.71. The fourth-order valence-electron chi connectivity index (χ4n) is 3.82. The lowest BCUT2D eigenvalue weighted by molar-refractivity contribution is -0.114. The first-order valence-electron chi connectivity index (χ1n) is 8.82. The van der Waals surface area contributed by atoms with E-state index in [4.69, 9.17) is 10.1 Å². The van der Waals surface area contributed by atoms with Crippen LogP contribution < -0.4 is 5.56 Å². The Morgan fingerprint density at radius 1 is 1.16 bits per heavy atom. The minimum atomic E-state index is -0.0813. The van der Waals surface area contributed by atoms with E-state index in [2.05, 4.69) is 4.98 Å². The minimum absolute atomic E-state index is 0.0198. The molecule has 2 fully saturated rings. The lowest BCUT2D eigenvalue weighted by Gasteiger charge is -2.24. The highest BCUT2D eigenvalue weighted by molar-refractivity contribution is 6.39. The number of hydrogen-bond acceptors (Lipinski definition) is 5. The predicted molar refractivity (Wildman–Crippen MR) is 94.4 cm³/mol. The Bertz CT molecular complexity index is 896. The van der Waals surface area contributed by atoms with E-state index in [0.29, 0.717) is 37.0 Å². The Labute approximate surface area is 145 Å². The molecule has 2 aromatic rings. The van der Waals surface area contributed by atoms with Crippen LogP contribution in [0.1, 0.15) is 49.6 Å². The van der Waals surface area contributed by atoms with Gasteiger partial charge in [-0.15, -0.1) is 0 Å². The monoisotopic (exact) mass is 339 g/mol. The van der Waals surface area contributed by atoms with Crippen LogP contribution in [0.3, 0.4) is 0 Å². The zero-order chi connectivity index (χ0) is 17.4. The summed E-state index contributed by atoms with van der Waals surface area (Å²) in [6, 6.07) is 5.86. The van der Waals surface area contributed by atoms with Crippen LogP contribution in [0.2, 0.25) is 0 Å². The van der Waals surface area contributed by atoms with Crippen molar-refractivity contribution in [3.05, 3.63) is 40.4 Å². The highest BCUT2D eigenvalue weighted by Crippen LogP contribution is 2.31. The van der Waals surface area contributed by atoms with Crippen molar-refractivity contribution in [3.8, 4) is 0 Å². The fourth-order valence-corrected chi connectivity index (χ4v) is 3.82. The van der Waals surface area contributed by atoms with Crippen molar-refractivity contribution in [2.75, 3.05) is 13.2 Å². The first kappa shape index (κ1) is 16.1. The van der Waals surface area contributed by atoms with Gasteiger partial charge in [0.1, 0.15) is 0 Å². The Morgan fingerprint density at radius 2 is 1.96 bits per heavy atom. The van der Waals surface area contributed by atoms with Crippen LogP contribution in [0.25, 0.3) is 10.9 Å². The molecule has 6 nitrogen and oxygen atoms in total. The molecule has 0 amide bonds. The summed E-state index contributed by atoms with van der Waals surface area (Å²) in [5, 5.41) is 8.24. The first-order valence-corrected chi connectivity index (χ1v) is 8.82. The Hall–Kier alpha value is -2.34. The van der Waals surface area contributed by atoms with Gasteiger partial charge in [0.25, 0.3) is 5.56 Å². The number of carbonyl (C=O) groups is 1. The minimum Gasteiger partial charge on any atom is -0.381 e. The second-order valence-corrected chi connectivity index (χ2v) is 6.92. The van der Waals surface area contributed by atoms with E-state index in [-0.39, 0.29) is 29.0 Å². The molecule has 1 saturated carbocycles. The maximum absolute atomic E-state index is 13.0. The second kappa shape index (κ2) is 6.52. The molecule has 0 radical (unpaired) electrons. The molecule has 6 heteroatoms. The van der Waals surface area contributed by atoms with Gasteiger partial charge in [0.15, 0.2) is 5.78 Å². The van der Waals surface area contributed by atoms with Gasteiger partial charge in [0.05, 0.1) is 22.9 Å². The van der Waals surface area contributed by atoms with Crippen molar-refractivity contribution in [1.29, 1.82) is 5.41 Å². The summed E-state index contributed by atoms with van der Waals surface area (Å²) in [5.74, 6) is 0.00397. The van der Waals surface area contributed by atoms with E-state index in [9.17, 15) is 9.59 Å². The highest BCUT2D eigenvalue weighted by atomic mass is 16.5. The summed E-state index contributed by atoms with van der Waals surface area (Å²) in [6.45, 7) is 1.34. The molecule has 1 aliphatic carbocycles. The zero-order valence-corrected chi connectivity index (χ0v) is 14.0. The van der Waals surface area contributed by atoms with Gasteiger partial charge in [0.2, 0.25) is 0 Å². The van der Waals surface area contributed by atoms with Crippen molar-refractivity contribution >= 4 is 22.4 Å². The van der Waals surface area contributed by atoms with Crippen molar-refractivity contribution < 1.29 is 9.53 Å². The molecule has 1 atom stereocenters. The number of aromatic nitrogens is 2. The Kier molecular flexibility index (Phi) is 4.21. The van der Waals surface area contributed by atoms with Gasteiger partial charge in [-0.25, -0.2) is 4.98 Å². The molecule has 1 aromatic carbocycles. The molecule has 0 bridgehead atoms. The van der Waals surface area contributed by atoms with Crippen molar-refractivity contribution in [3.63, 3.8) is 0 Å². The molecule has 1 unspecified atom stereocenters. The van der Waals surface area contributed by atoms with Crippen LogP contribution >= 0.6 is 0 Å². The molecule has 1 aromatic heterocycles. The van der Waals surface area contributed by atoms with Crippen molar-refractivity contribution in [1.82, 2.24) is 9.55 Å². The summed E-state index contributed by atoms with van der Waals surface area (Å²) in [5.41, 5.74) is 1.89. The molecule has 1 aliphatic heterocycles. The van der Waals surface area contributed by atoms with Crippen LogP contribution in [0.4, 0.5) is 0 Å². The summed E-state index contributed by atoms with van der Waals surface area (Å²) >= 11 is 0. The summed E-state index contributed by atoms with van der Waals surface area (Å²) in [7, 11) is 0. The molecule has 0 spiro atoms. The second-order valence-electron chi connectivity index (χ2n) is 6.92. The van der Waals surface area contributed by atoms with Gasteiger partial charge in [-0.3, -0.25) is 14.2 Å². The topological polar surface area (TPSA) is 85.0 Å². The molecule has 2 aliphatic rings. The lowest BCUT2D eigenvalue weighted by Crippen LogP contribution is -2.29. The van der Waals surface area contributed by atoms with Gasteiger partial charge in [-0.1, -0.05) is 6.07 Å². The maximum atomic E-state index is 13.0. The zero-order valence-electron chi connectivity index (χ0n) is 14.0. The van der Waals surface area contributed by atoms with Gasteiger partial charge >= 0.3 is 0 Å². The van der Waals surface area contributed by atoms with E-state index in [0.717, 1.165) is 24.8 Å². The van der Waals surface area contributed by atoms with Gasteiger partial charge < -0.3 is 10.1 Å². The molecule has 2 heterocycles. The average Bonchev–Trinajstić information content (AvgIpc) is 2.65. The molecule has 1 N–H and O–H groups in total. The molecule has 25 heavy (non-hydrogen) atoms. The smallest absolute Gasteiger partial charge is 0.261 e. The number of rotatable bonds is 2. The van der Waals surface area contributed by atoms with Gasteiger partial charge in [-0.2, -0.15) is 0 Å². The van der Waals surface area contributed by atoms with Crippen LogP contribution in [0, 0.1) is 5.41 Å². The molecular weight excluding hydrogens is 318 g/mol. The lowest BCUT2D eigenvalue weighted by atomic mass is 9.82. The summed E-state index contributed by atoms with van der Waals surface area (Å²) in [6.07, 6.45) is 4.95. The number of carbonyl (C=O) groups excluding carboxylic acids is 1. The third-order valence-electron chi connectivity index (χ3n) is 5.37. The summed E-state index contributed by atoms with van der Waals surface area (Å²) in [4.78, 5) is 29.3. The number of benzene rings is 1. The molecule has 130 valence electrons. The highest BCUT2D eigenvalue weighted by Gasteiger charge is 2.25. The largest absolute Gasteiger partial charge is 0.381 e. The maximum Gasteiger partial charge on any atom is 0.261 e. The van der Waals surface area contributed by atoms with Crippen LogP contribution in [0.5, 0.6) is 0 Å². The fraction of sp³-hybridized carbons (Fsp3) is 0.474. The predicted octanol–water partition coefficient (Wildman–Crippen LogP) is 2.60. The number of Topliss-reactive ketones (excluding diaryl/α,β-unsaturated/α-hetero) is 1. The number of ether oxygens (including phenoxy) is 1. The van der Waals surface area contributed by atoms with Crippen molar-refractivity contribution in [2.24, 2.45) is 0 Å². The third-order valence-corrected chi connectivity index (χ3v) is 5.37. The van der Waals surface area contributed by atoms with E-state index in [1.807, 2.05) is 18.2 Å². The standard InChI is InChI=1S/C19H21N3O3/c20-16-3-1-13(10-18(16)23)12-2-4-17-15(9-12)19(24)22(11-21-17)14-5-7-25-8-6-14/h2,4,9,11,13-14,20H,1,3,5-8,10H2. The number of hydrogen-bond donors (Lipinski definition) is 1. The normalized spacial score (nSPS) is 22.5. The third kappa shape index (κ3) is 3.02. The van der Waals surface area contributed by atoms with Crippen LogP contribution in [-0.2, 0) is 9.53 Å². The van der Waals surface area contributed by atoms with Crippen LogP contribution in [-0.4, -0.2) is 34.3 Å². The first-order chi connectivity index (χ1) is 12.1. The molecule has 1 saturated heterocycles. The number of nitrogens with zero attached hydrogens (tertiary/aromatic N) is 2. The quantitative estimate of drug-likeness (QED) is 0.911. The van der Waals surface area contributed by atoms with E-state index >= 15 is 0 Å². The number of ketones is 1. The van der Waals surface area contributed by atoms with E-state index in [1.54, 1.807) is 10.9 Å². The van der Waals surface area contributed by atoms with Gasteiger partial charge in [0, 0.05) is 25.7 Å². The average molecular weight is 339 g/mol. The van der Waals surface area contributed by atoms with Crippen LogP contribution in [0.15, 0.2) is 29.3 Å². The van der Waals surface area contributed by atoms with Crippen molar-refractivity contribution in [2.45, 2.75) is 44.1 Å². The number of fused-ring (bicyclic) bond motifs is 1. The SMILES string of the molecule is N=C1CCC(c2ccc3ncn(C4CCOCC4)c(=O)c3c2)CC1=O.